The van der Waals surface area contributed by atoms with E-state index >= 15 is 0 Å². The van der Waals surface area contributed by atoms with Crippen LogP contribution in [0, 0.1) is 0 Å². The van der Waals surface area contributed by atoms with Crippen LogP contribution in [0.3, 0.4) is 0 Å². The Hall–Kier alpha value is -2.86. The molecule has 0 bridgehead atoms. The molecule has 1 N–H and O–H groups in total. The minimum absolute atomic E-state index is 0.0339. The first-order valence-electron chi connectivity index (χ1n) is 8.44. The Morgan fingerprint density at radius 1 is 1.08 bits per heavy atom. The molecule has 0 atom stereocenters. The highest BCUT2D eigenvalue weighted by Gasteiger charge is 2.24. The number of aromatic amines is 1. The van der Waals surface area contributed by atoms with Crippen molar-refractivity contribution in [1.82, 2.24) is 20.0 Å². The molecule has 128 valence electrons. The van der Waals surface area contributed by atoms with E-state index in [2.05, 4.69) is 39.4 Å². The molecule has 1 aliphatic rings. The van der Waals surface area contributed by atoms with Crippen molar-refractivity contribution in [2.75, 3.05) is 26.2 Å². The molecule has 0 spiro atoms. The minimum Gasteiger partial charge on any atom is -0.463 e. The first-order chi connectivity index (χ1) is 12.3. The predicted octanol–water partition coefficient (Wildman–Crippen LogP) is 2.63. The molecule has 3 heterocycles. The molecule has 1 fully saturated rings. The Morgan fingerprint density at radius 3 is 2.60 bits per heavy atom. The molecule has 25 heavy (non-hydrogen) atoms. The lowest BCUT2D eigenvalue weighted by molar-refractivity contribution is 0.0622. The van der Waals surface area contributed by atoms with Crippen LogP contribution < -0.4 is 0 Å². The second kappa shape index (κ2) is 6.94. The van der Waals surface area contributed by atoms with E-state index in [0.29, 0.717) is 24.5 Å². The van der Waals surface area contributed by atoms with Crippen molar-refractivity contribution >= 4 is 5.91 Å². The third kappa shape index (κ3) is 3.49. The Bertz CT molecular complexity index is 818. The summed E-state index contributed by atoms with van der Waals surface area (Å²) in [4.78, 5) is 16.9. The Kier molecular flexibility index (Phi) is 4.35. The van der Waals surface area contributed by atoms with Gasteiger partial charge in [0, 0.05) is 38.8 Å². The monoisotopic (exact) mass is 336 g/mol. The van der Waals surface area contributed by atoms with Gasteiger partial charge in [0.15, 0.2) is 11.5 Å². The van der Waals surface area contributed by atoms with Crippen LogP contribution in [0.15, 0.2) is 59.2 Å². The van der Waals surface area contributed by atoms with Gasteiger partial charge in [-0.1, -0.05) is 30.3 Å². The van der Waals surface area contributed by atoms with Gasteiger partial charge in [0.05, 0.1) is 6.26 Å². The fourth-order valence-corrected chi connectivity index (χ4v) is 3.10. The van der Waals surface area contributed by atoms with Crippen LogP contribution in [-0.4, -0.2) is 52.1 Å². The minimum atomic E-state index is -0.0339. The molecule has 1 saturated heterocycles. The van der Waals surface area contributed by atoms with Crippen LogP contribution in [0.2, 0.25) is 0 Å². The van der Waals surface area contributed by atoms with Gasteiger partial charge in [-0.3, -0.25) is 14.8 Å². The zero-order chi connectivity index (χ0) is 17.1. The van der Waals surface area contributed by atoms with E-state index in [-0.39, 0.29) is 5.91 Å². The smallest absolute Gasteiger partial charge is 0.274 e. The molecule has 0 radical (unpaired) electrons. The molecule has 1 aliphatic heterocycles. The zero-order valence-corrected chi connectivity index (χ0v) is 13.9. The highest BCUT2D eigenvalue weighted by Crippen LogP contribution is 2.19. The topological polar surface area (TPSA) is 65.4 Å². The third-order valence-electron chi connectivity index (χ3n) is 4.49. The molecule has 0 aliphatic carbocycles. The standard InChI is InChI=1S/C19H20N4O2/c24-19(17-13-16(20-21-17)18-7-4-12-25-18)23-10-8-22(9-11-23)14-15-5-2-1-3-6-15/h1-7,12-13H,8-11,14H2,(H,20,21). The fraction of sp³-hybridized carbons (Fsp3) is 0.263. The molecule has 4 rings (SSSR count). The largest absolute Gasteiger partial charge is 0.463 e. The van der Waals surface area contributed by atoms with E-state index in [0.717, 1.165) is 25.3 Å². The summed E-state index contributed by atoms with van der Waals surface area (Å²) in [5.41, 5.74) is 2.46. The number of hydrogen-bond donors (Lipinski definition) is 1. The lowest BCUT2D eigenvalue weighted by Gasteiger charge is -2.34. The van der Waals surface area contributed by atoms with Crippen LogP contribution in [-0.2, 0) is 6.54 Å². The summed E-state index contributed by atoms with van der Waals surface area (Å²) in [7, 11) is 0. The van der Waals surface area contributed by atoms with Gasteiger partial charge in [-0.05, 0) is 17.7 Å². The van der Waals surface area contributed by atoms with Gasteiger partial charge in [0.25, 0.3) is 5.91 Å². The number of nitrogens with zero attached hydrogens (tertiary/aromatic N) is 3. The van der Waals surface area contributed by atoms with E-state index in [9.17, 15) is 4.79 Å². The van der Waals surface area contributed by atoms with E-state index in [1.165, 1.54) is 5.56 Å². The average molecular weight is 336 g/mol. The summed E-state index contributed by atoms with van der Waals surface area (Å²) in [5, 5.41) is 7.01. The van der Waals surface area contributed by atoms with Crippen molar-refractivity contribution in [2.24, 2.45) is 0 Å². The zero-order valence-electron chi connectivity index (χ0n) is 13.9. The molecule has 6 heteroatoms. The van der Waals surface area contributed by atoms with Crippen LogP contribution in [0.4, 0.5) is 0 Å². The number of aromatic nitrogens is 2. The van der Waals surface area contributed by atoms with Crippen LogP contribution >= 0.6 is 0 Å². The van der Waals surface area contributed by atoms with Crippen molar-refractivity contribution in [1.29, 1.82) is 0 Å². The van der Waals surface area contributed by atoms with Crippen molar-refractivity contribution < 1.29 is 9.21 Å². The summed E-state index contributed by atoms with van der Waals surface area (Å²) in [5.74, 6) is 0.646. The van der Waals surface area contributed by atoms with Gasteiger partial charge in [0.2, 0.25) is 0 Å². The van der Waals surface area contributed by atoms with Crippen molar-refractivity contribution in [2.45, 2.75) is 6.54 Å². The molecule has 1 aromatic carbocycles. The maximum atomic E-state index is 12.6. The molecular formula is C19H20N4O2. The first-order valence-corrected chi connectivity index (χ1v) is 8.44. The summed E-state index contributed by atoms with van der Waals surface area (Å²) in [6, 6.07) is 15.8. The van der Waals surface area contributed by atoms with Gasteiger partial charge in [-0.25, -0.2) is 0 Å². The van der Waals surface area contributed by atoms with Crippen molar-refractivity contribution in [3.8, 4) is 11.5 Å². The van der Waals surface area contributed by atoms with Crippen molar-refractivity contribution in [3.05, 3.63) is 66.1 Å². The molecule has 1 amide bonds. The molecular weight excluding hydrogens is 316 g/mol. The molecule has 3 aromatic rings. The number of benzene rings is 1. The van der Waals surface area contributed by atoms with Gasteiger partial charge >= 0.3 is 0 Å². The predicted molar refractivity (Wildman–Crippen MR) is 93.9 cm³/mol. The van der Waals surface area contributed by atoms with E-state index in [4.69, 9.17) is 4.42 Å². The normalized spacial score (nSPS) is 15.4. The summed E-state index contributed by atoms with van der Waals surface area (Å²) < 4.78 is 5.33. The first kappa shape index (κ1) is 15.7. The van der Waals surface area contributed by atoms with Gasteiger partial charge < -0.3 is 9.32 Å². The number of H-pyrrole nitrogens is 1. The fourth-order valence-electron chi connectivity index (χ4n) is 3.10. The summed E-state index contributed by atoms with van der Waals surface area (Å²) in [6.07, 6.45) is 1.60. The highest BCUT2D eigenvalue weighted by atomic mass is 16.3. The Balaban J connectivity index is 1.35. The molecule has 0 saturated carbocycles. The molecule has 2 aromatic heterocycles. The van der Waals surface area contributed by atoms with Gasteiger partial charge in [-0.15, -0.1) is 0 Å². The number of nitrogens with one attached hydrogen (secondary N) is 1. The van der Waals surface area contributed by atoms with E-state index in [1.54, 1.807) is 12.3 Å². The molecule has 6 nitrogen and oxygen atoms in total. The third-order valence-corrected chi connectivity index (χ3v) is 4.49. The number of carbonyl (C=O) groups is 1. The lowest BCUT2D eigenvalue weighted by atomic mass is 10.2. The second-order valence-electron chi connectivity index (χ2n) is 6.20. The van der Waals surface area contributed by atoms with Crippen LogP contribution in [0.1, 0.15) is 16.1 Å². The van der Waals surface area contributed by atoms with E-state index < -0.39 is 0 Å². The van der Waals surface area contributed by atoms with Gasteiger partial charge in [-0.2, -0.15) is 5.10 Å². The highest BCUT2D eigenvalue weighted by molar-refractivity contribution is 5.93. The summed E-state index contributed by atoms with van der Waals surface area (Å²) in [6.45, 7) is 4.10. The van der Waals surface area contributed by atoms with Gasteiger partial charge in [0.1, 0.15) is 5.69 Å². The van der Waals surface area contributed by atoms with Crippen molar-refractivity contribution in [3.63, 3.8) is 0 Å². The Labute approximate surface area is 146 Å². The van der Waals surface area contributed by atoms with E-state index in [1.807, 2.05) is 23.1 Å². The number of amides is 1. The number of furan rings is 1. The maximum absolute atomic E-state index is 12.6. The van der Waals surface area contributed by atoms with Crippen LogP contribution in [0.5, 0.6) is 0 Å². The number of rotatable bonds is 4. The maximum Gasteiger partial charge on any atom is 0.274 e. The Morgan fingerprint density at radius 2 is 1.88 bits per heavy atom. The van der Waals surface area contributed by atoms with Crippen LogP contribution in [0.25, 0.3) is 11.5 Å². The summed E-state index contributed by atoms with van der Waals surface area (Å²) >= 11 is 0. The average Bonchev–Trinajstić information content (AvgIpc) is 3.34. The SMILES string of the molecule is O=C(c1cc(-c2ccco2)[nH]n1)N1CCN(Cc2ccccc2)CC1. The lowest BCUT2D eigenvalue weighted by Crippen LogP contribution is -2.48. The number of piperazine rings is 1. The quantitative estimate of drug-likeness (QED) is 0.795. The number of hydrogen-bond acceptors (Lipinski definition) is 4. The number of carbonyl (C=O) groups excluding carboxylic acids is 1. The molecule has 0 unspecified atom stereocenters. The second-order valence-corrected chi connectivity index (χ2v) is 6.20.